The van der Waals surface area contributed by atoms with Crippen LogP contribution in [0.3, 0.4) is 0 Å². The summed E-state index contributed by atoms with van der Waals surface area (Å²) in [6, 6.07) is 8.71. The number of rotatable bonds is 7. The minimum absolute atomic E-state index is 0.0445. The standard InChI is InChI=1S/C24H32N3O3P.C4H10.C2H6/c1-4-5-6-7-19(2)22-18-27(24(31)30-22)17-21-10-8-20(9-11-21)16-25-12-14-26(15-13-25)23(28)29-3;1-4(2)3;1-2/h4-11,22,31H,2,12-18H2,1,3H3;4H,1-3H3;1-2H3/b5-4-,7-6-;;. The highest BCUT2D eigenvalue weighted by Gasteiger charge is 2.28. The van der Waals surface area contributed by atoms with E-state index in [0.29, 0.717) is 13.1 Å². The zero-order chi connectivity index (χ0) is 27.8. The van der Waals surface area contributed by atoms with Gasteiger partial charge in [0.1, 0.15) is 11.7 Å². The fraction of sp³-hybridized carbons (Fsp3) is 0.533. The molecule has 1 amide bonds. The van der Waals surface area contributed by atoms with Crippen molar-refractivity contribution in [3.05, 3.63) is 71.8 Å². The van der Waals surface area contributed by atoms with Crippen molar-refractivity contribution in [1.82, 2.24) is 14.7 Å². The van der Waals surface area contributed by atoms with E-state index in [1.807, 2.05) is 45.1 Å². The Hall–Kier alpha value is -2.24. The maximum atomic E-state index is 11.6. The van der Waals surface area contributed by atoms with Gasteiger partial charge in [0.05, 0.1) is 7.11 Å². The summed E-state index contributed by atoms with van der Waals surface area (Å²) in [6.45, 7) is 22.2. The number of carbonyl (C=O) groups excluding carboxylic acids is 1. The van der Waals surface area contributed by atoms with Crippen LogP contribution in [0, 0.1) is 5.92 Å². The Bertz CT molecular complexity index is 885. The second-order valence-corrected chi connectivity index (χ2v) is 9.96. The van der Waals surface area contributed by atoms with Crippen LogP contribution in [0.4, 0.5) is 4.79 Å². The molecule has 0 aromatic heterocycles. The number of amides is 1. The molecule has 1 atom stereocenters. The molecule has 2 fully saturated rings. The minimum Gasteiger partial charge on any atom is -0.453 e. The monoisotopic (exact) mass is 529 g/mol. The molecule has 0 N–H and O–H groups in total. The maximum absolute atomic E-state index is 11.6. The van der Waals surface area contributed by atoms with Crippen LogP contribution in [0.2, 0.25) is 0 Å². The van der Waals surface area contributed by atoms with E-state index in [-0.39, 0.29) is 12.2 Å². The first-order chi connectivity index (χ1) is 17.7. The molecule has 7 heteroatoms. The Morgan fingerprint density at radius 3 is 2.14 bits per heavy atom. The van der Waals surface area contributed by atoms with Crippen molar-refractivity contribution in [2.24, 2.45) is 5.92 Å². The molecular formula is C30H48N3O3P. The third-order valence-corrected chi connectivity index (χ3v) is 6.00. The summed E-state index contributed by atoms with van der Waals surface area (Å²) < 4.78 is 10.7. The molecule has 0 radical (unpaired) electrons. The summed E-state index contributed by atoms with van der Waals surface area (Å²) in [4.78, 5) is 17.9. The SMILES string of the molecule is C=C(/C=C\C=C/C)C1CN(Cc2ccc(CN3CCN(C(=O)OC)CC3)cc2)C(=P)O1.CC.CC(C)C. The molecule has 0 spiro atoms. The number of hydrogen-bond donors (Lipinski definition) is 0. The predicted octanol–water partition coefficient (Wildman–Crippen LogP) is 6.38. The van der Waals surface area contributed by atoms with Gasteiger partial charge < -0.3 is 14.4 Å². The Balaban J connectivity index is 0.00000104. The lowest BCUT2D eigenvalue weighted by molar-refractivity contribution is 0.0889. The molecule has 2 saturated heterocycles. The zero-order valence-electron chi connectivity index (χ0n) is 24.0. The number of carbonyl (C=O) groups is 1. The average molecular weight is 530 g/mol. The van der Waals surface area contributed by atoms with Crippen LogP contribution in [0.1, 0.15) is 52.7 Å². The molecular weight excluding hydrogens is 481 g/mol. The normalized spacial score (nSPS) is 18.5. The third kappa shape index (κ3) is 12.2. The highest BCUT2D eigenvalue weighted by Crippen LogP contribution is 2.21. The fourth-order valence-electron chi connectivity index (χ4n) is 3.70. The van der Waals surface area contributed by atoms with Gasteiger partial charge in [0, 0.05) is 45.8 Å². The Labute approximate surface area is 227 Å². The van der Waals surface area contributed by atoms with Crippen LogP contribution in [-0.2, 0) is 22.6 Å². The molecule has 2 aliphatic heterocycles. The second-order valence-electron chi connectivity index (χ2n) is 9.53. The van der Waals surface area contributed by atoms with E-state index in [0.717, 1.165) is 49.8 Å². The van der Waals surface area contributed by atoms with Crippen molar-refractivity contribution in [3.63, 3.8) is 0 Å². The van der Waals surface area contributed by atoms with Gasteiger partial charge in [0.15, 0.2) is 0 Å². The fourth-order valence-corrected chi connectivity index (χ4v) is 4.02. The predicted molar refractivity (Wildman–Crippen MR) is 159 cm³/mol. The highest BCUT2D eigenvalue weighted by molar-refractivity contribution is 7.20. The van der Waals surface area contributed by atoms with Gasteiger partial charge in [0.25, 0.3) is 0 Å². The summed E-state index contributed by atoms with van der Waals surface area (Å²) >= 11 is 0. The summed E-state index contributed by atoms with van der Waals surface area (Å²) in [5, 5.41) is 0. The Kier molecular flexibility index (Phi) is 16.0. The number of piperazine rings is 1. The first-order valence-electron chi connectivity index (χ1n) is 13.3. The van der Waals surface area contributed by atoms with E-state index in [4.69, 9.17) is 9.47 Å². The lowest BCUT2D eigenvalue weighted by Gasteiger charge is -2.33. The number of allylic oxidation sites excluding steroid dienone is 3. The Morgan fingerprint density at radius 2 is 1.62 bits per heavy atom. The Morgan fingerprint density at radius 1 is 1.08 bits per heavy atom. The number of methoxy groups -OCH3 is 1. The number of benzene rings is 1. The smallest absolute Gasteiger partial charge is 0.409 e. The molecule has 206 valence electrons. The molecule has 2 heterocycles. The first kappa shape index (κ1) is 32.8. The van der Waals surface area contributed by atoms with E-state index >= 15 is 0 Å². The number of ether oxygens (including phenoxy) is 2. The van der Waals surface area contributed by atoms with Crippen LogP contribution in [0.15, 0.2) is 60.7 Å². The number of nitrogens with zero attached hydrogens (tertiary/aromatic N) is 3. The van der Waals surface area contributed by atoms with Crippen LogP contribution in [0.25, 0.3) is 0 Å². The molecule has 37 heavy (non-hydrogen) atoms. The lowest BCUT2D eigenvalue weighted by Crippen LogP contribution is -2.48. The summed E-state index contributed by atoms with van der Waals surface area (Å²) in [5.41, 5.74) is 4.21. The second kappa shape index (κ2) is 18.1. The van der Waals surface area contributed by atoms with E-state index < -0.39 is 0 Å². The van der Waals surface area contributed by atoms with Gasteiger partial charge in [0.2, 0.25) is 0 Å². The third-order valence-electron chi connectivity index (χ3n) is 5.56. The van der Waals surface area contributed by atoms with E-state index in [1.165, 1.54) is 18.2 Å². The van der Waals surface area contributed by atoms with E-state index in [2.05, 4.69) is 70.3 Å². The van der Waals surface area contributed by atoms with Crippen LogP contribution in [-0.4, -0.2) is 72.3 Å². The molecule has 0 aliphatic carbocycles. The topological polar surface area (TPSA) is 45.2 Å². The highest BCUT2D eigenvalue weighted by atomic mass is 31.0. The van der Waals surface area contributed by atoms with Crippen molar-refractivity contribution in [1.29, 1.82) is 0 Å². The van der Waals surface area contributed by atoms with Crippen LogP contribution < -0.4 is 0 Å². The molecule has 1 unspecified atom stereocenters. The quantitative estimate of drug-likeness (QED) is 0.303. The lowest BCUT2D eigenvalue weighted by atomic mass is 10.1. The maximum Gasteiger partial charge on any atom is 0.409 e. The summed E-state index contributed by atoms with van der Waals surface area (Å²) in [6.07, 6.45) is 7.66. The van der Waals surface area contributed by atoms with Gasteiger partial charge in [-0.05, 0) is 29.5 Å². The molecule has 2 aliphatic rings. The van der Waals surface area contributed by atoms with Gasteiger partial charge in [-0.2, -0.15) is 0 Å². The summed E-state index contributed by atoms with van der Waals surface area (Å²) in [7, 11) is 5.04. The minimum atomic E-state index is -0.239. The van der Waals surface area contributed by atoms with E-state index in [1.54, 1.807) is 4.90 Å². The van der Waals surface area contributed by atoms with Crippen molar-refractivity contribution in [2.75, 3.05) is 39.8 Å². The molecule has 1 aromatic carbocycles. The van der Waals surface area contributed by atoms with Crippen molar-refractivity contribution in [3.8, 4) is 0 Å². The van der Waals surface area contributed by atoms with Crippen LogP contribution in [0.5, 0.6) is 0 Å². The van der Waals surface area contributed by atoms with Gasteiger partial charge in [-0.3, -0.25) is 4.90 Å². The molecule has 1 aromatic rings. The average Bonchev–Trinajstić information content (AvgIpc) is 3.26. The van der Waals surface area contributed by atoms with Crippen molar-refractivity contribution < 1.29 is 14.3 Å². The largest absolute Gasteiger partial charge is 0.453 e. The van der Waals surface area contributed by atoms with Gasteiger partial charge in [-0.15, -0.1) is 0 Å². The molecule has 6 nitrogen and oxygen atoms in total. The summed E-state index contributed by atoms with van der Waals surface area (Å²) in [5.74, 6) is 0.833. The van der Waals surface area contributed by atoms with Crippen molar-refractivity contribution in [2.45, 2.75) is 60.7 Å². The zero-order valence-corrected chi connectivity index (χ0v) is 25.0. The first-order valence-corrected chi connectivity index (χ1v) is 13.8. The molecule has 0 saturated carbocycles. The number of hydrogen-bond acceptors (Lipinski definition) is 4. The van der Waals surface area contributed by atoms with Crippen LogP contribution >= 0.6 is 8.86 Å². The van der Waals surface area contributed by atoms with Gasteiger partial charge >= 0.3 is 6.09 Å². The van der Waals surface area contributed by atoms with Crippen molar-refractivity contribution >= 4 is 20.6 Å². The molecule has 3 rings (SSSR count). The van der Waals surface area contributed by atoms with Gasteiger partial charge in [-0.25, -0.2) is 9.69 Å². The molecule has 0 bridgehead atoms. The van der Waals surface area contributed by atoms with Gasteiger partial charge in [-0.1, -0.05) is 98.6 Å². The van der Waals surface area contributed by atoms with E-state index in [9.17, 15) is 4.79 Å².